The van der Waals surface area contributed by atoms with Gasteiger partial charge in [-0.1, -0.05) is 6.07 Å². The molecule has 1 aromatic rings. The number of benzene rings is 1. The highest BCUT2D eigenvalue weighted by atomic mass is 32.2. The number of nitrogens with one attached hydrogen (secondary N) is 1. The van der Waals surface area contributed by atoms with E-state index in [2.05, 4.69) is 9.46 Å². The molecule has 0 aromatic heterocycles. The summed E-state index contributed by atoms with van der Waals surface area (Å²) in [5, 5.41) is 0. The van der Waals surface area contributed by atoms with Gasteiger partial charge in [0.15, 0.2) is 0 Å². The Balaban J connectivity index is 2.57. The molecule has 0 unspecified atom stereocenters. The van der Waals surface area contributed by atoms with Gasteiger partial charge in [-0.25, -0.2) is 13.1 Å². The first-order valence-electron chi connectivity index (χ1n) is 5.63. The van der Waals surface area contributed by atoms with Crippen molar-refractivity contribution in [3.8, 4) is 0 Å². The molecule has 9 heteroatoms. The molecule has 1 rings (SSSR count). The first-order valence-corrected chi connectivity index (χ1v) is 7.11. The third-order valence-electron chi connectivity index (χ3n) is 2.42. The molecule has 0 aliphatic heterocycles. The maximum atomic E-state index is 11.9. The minimum absolute atomic E-state index is 0.00618. The molecular formula is C11H15F3N2O3S. The van der Waals surface area contributed by atoms with Crippen LogP contribution in [0.4, 0.5) is 18.9 Å². The number of sulfonamides is 1. The van der Waals surface area contributed by atoms with Crippen molar-refractivity contribution in [3.05, 3.63) is 23.8 Å². The minimum Gasteiger partial charge on any atom is -0.398 e. The lowest BCUT2D eigenvalue weighted by Crippen LogP contribution is -2.29. The van der Waals surface area contributed by atoms with Crippen molar-refractivity contribution < 1.29 is 26.3 Å². The number of anilines is 1. The monoisotopic (exact) mass is 312 g/mol. The van der Waals surface area contributed by atoms with Gasteiger partial charge in [-0.15, -0.1) is 0 Å². The summed E-state index contributed by atoms with van der Waals surface area (Å²) in [6.07, 6.45) is -4.43. The van der Waals surface area contributed by atoms with Gasteiger partial charge in [0, 0.05) is 12.2 Å². The van der Waals surface area contributed by atoms with Gasteiger partial charge in [-0.2, -0.15) is 13.2 Å². The van der Waals surface area contributed by atoms with Crippen LogP contribution in [0.3, 0.4) is 0 Å². The van der Waals surface area contributed by atoms with E-state index in [1.54, 1.807) is 13.0 Å². The van der Waals surface area contributed by atoms with E-state index in [4.69, 9.17) is 5.73 Å². The molecule has 0 atom stereocenters. The summed E-state index contributed by atoms with van der Waals surface area (Å²) in [5.41, 5.74) is 6.31. The highest BCUT2D eigenvalue weighted by molar-refractivity contribution is 7.89. The molecule has 0 bridgehead atoms. The van der Waals surface area contributed by atoms with Gasteiger partial charge in [0.1, 0.15) is 6.61 Å². The van der Waals surface area contributed by atoms with E-state index in [0.29, 0.717) is 11.3 Å². The minimum atomic E-state index is -4.43. The zero-order chi connectivity index (χ0) is 15.4. The molecule has 0 amide bonds. The van der Waals surface area contributed by atoms with Crippen molar-refractivity contribution in [2.24, 2.45) is 0 Å². The molecule has 114 valence electrons. The summed E-state index contributed by atoms with van der Waals surface area (Å²) in [6.45, 7) is -0.497. The number of halogens is 3. The highest BCUT2D eigenvalue weighted by Crippen LogP contribution is 2.20. The van der Waals surface area contributed by atoms with Crippen LogP contribution in [0, 0.1) is 6.92 Å². The van der Waals surface area contributed by atoms with Crippen LogP contribution in [0.5, 0.6) is 0 Å². The Labute approximate surface area is 115 Å². The lowest BCUT2D eigenvalue weighted by atomic mass is 10.2. The van der Waals surface area contributed by atoms with Crippen molar-refractivity contribution >= 4 is 15.7 Å². The second-order valence-corrected chi connectivity index (χ2v) is 5.77. The second-order valence-electron chi connectivity index (χ2n) is 4.04. The van der Waals surface area contributed by atoms with Gasteiger partial charge in [-0.05, 0) is 24.6 Å². The van der Waals surface area contributed by atoms with E-state index in [9.17, 15) is 21.6 Å². The molecule has 1 aromatic carbocycles. The zero-order valence-electron chi connectivity index (χ0n) is 10.7. The van der Waals surface area contributed by atoms with Crippen LogP contribution >= 0.6 is 0 Å². The number of nitrogen functional groups attached to an aromatic ring is 1. The van der Waals surface area contributed by atoms with E-state index in [1.807, 2.05) is 0 Å². The van der Waals surface area contributed by atoms with E-state index in [0.717, 1.165) is 0 Å². The number of nitrogens with two attached hydrogens (primary N) is 1. The van der Waals surface area contributed by atoms with Crippen molar-refractivity contribution in [2.45, 2.75) is 18.0 Å². The summed E-state index contributed by atoms with van der Waals surface area (Å²) >= 11 is 0. The van der Waals surface area contributed by atoms with Gasteiger partial charge in [0.25, 0.3) is 0 Å². The number of hydrogen-bond acceptors (Lipinski definition) is 4. The molecule has 0 aliphatic carbocycles. The predicted molar refractivity (Wildman–Crippen MR) is 67.7 cm³/mol. The Kier molecular flexibility index (Phi) is 5.37. The summed E-state index contributed by atoms with van der Waals surface area (Å²) in [5.74, 6) is 0. The van der Waals surface area contributed by atoms with E-state index in [1.165, 1.54) is 12.1 Å². The van der Waals surface area contributed by atoms with Crippen LogP contribution in [0.15, 0.2) is 23.1 Å². The van der Waals surface area contributed by atoms with Crippen LogP contribution in [0.25, 0.3) is 0 Å². The maximum absolute atomic E-state index is 11.9. The molecule has 20 heavy (non-hydrogen) atoms. The van der Waals surface area contributed by atoms with Crippen molar-refractivity contribution in [1.82, 2.24) is 4.72 Å². The molecule has 0 radical (unpaired) electrons. The van der Waals surface area contributed by atoms with Gasteiger partial charge >= 0.3 is 6.18 Å². The molecule has 5 nitrogen and oxygen atoms in total. The Hall–Kier alpha value is -1.32. The Morgan fingerprint density at radius 3 is 2.60 bits per heavy atom. The summed E-state index contributed by atoms with van der Waals surface area (Å²) in [7, 11) is -3.82. The Bertz CT molecular complexity index is 559. The second kappa shape index (κ2) is 6.42. The number of hydrogen-bond donors (Lipinski definition) is 2. The Morgan fingerprint density at radius 2 is 2.00 bits per heavy atom. The van der Waals surface area contributed by atoms with Crippen molar-refractivity contribution in [3.63, 3.8) is 0 Å². The van der Waals surface area contributed by atoms with Gasteiger partial charge < -0.3 is 10.5 Å². The molecule has 0 saturated carbocycles. The number of alkyl halides is 3. The molecule has 0 heterocycles. The molecule has 3 N–H and O–H groups in total. The fraction of sp³-hybridized carbons (Fsp3) is 0.455. The molecule has 0 aliphatic rings. The standard InChI is InChI=1S/C11H15F3N2O3S/c1-8-9(15)3-2-4-10(8)20(17,18)16-5-6-19-7-11(12,13)14/h2-4,16H,5-7,15H2,1H3. The van der Waals surface area contributed by atoms with E-state index >= 15 is 0 Å². The van der Waals surface area contributed by atoms with Crippen LogP contribution in [-0.4, -0.2) is 34.4 Å². The molecule has 0 saturated heterocycles. The highest BCUT2D eigenvalue weighted by Gasteiger charge is 2.27. The number of ether oxygens (including phenoxy) is 1. The zero-order valence-corrected chi connectivity index (χ0v) is 11.5. The lowest BCUT2D eigenvalue weighted by Gasteiger charge is -2.11. The van der Waals surface area contributed by atoms with Crippen LogP contribution in [0.2, 0.25) is 0 Å². The lowest BCUT2D eigenvalue weighted by molar-refractivity contribution is -0.173. The third kappa shape index (κ3) is 4.99. The van der Waals surface area contributed by atoms with Gasteiger partial charge in [0.2, 0.25) is 10.0 Å². The van der Waals surface area contributed by atoms with Crippen LogP contribution < -0.4 is 10.5 Å². The average molecular weight is 312 g/mol. The predicted octanol–water partition coefficient (Wildman–Crippen LogP) is 1.43. The van der Waals surface area contributed by atoms with E-state index in [-0.39, 0.29) is 18.0 Å². The summed E-state index contributed by atoms with van der Waals surface area (Å²) in [6, 6.07) is 4.41. The molecule has 0 fully saturated rings. The maximum Gasteiger partial charge on any atom is 0.411 e. The molecular weight excluding hydrogens is 297 g/mol. The average Bonchev–Trinajstić information content (AvgIpc) is 2.30. The van der Waals surface area contributed by atoms with Gasteiger partial charge in [0.05, 0.1) is 11.5 Å². The largest absolute Gasteiger partial charge is 0.411 e. The first kappa shape index (κ1) is 16.7. The van der Waals surface area contributed by atoms with Gasteiger partial charge in [-0.3, -0.25) is 0 Å². The summed E-state index contributed by atoms with van der Waals surface area (Å²) in [4.78, 5) is -0.00618. The topological polar surface area (TPSA) is 81.4 Å². The van der Waals surface area contributed by atoms with Crippen LogP contribution in [-0.2, 0) is 14.8 Å². The number of rotatable bonds is 6. The smallest absolute Gasteiger partial charge is 0.398 e. The quantitative estimate of drug-likeness (QED) is 0.615. The molecule has 0 spiro atoms. The fourth-order valence-electron chi connectivity index (χ4n) is 1.44. The fourth-order valence-corrected chi connectivity index (χ4v) is 2.72. The normalized spacial score (nSPS) is 12.6. The first-order chi connectivity index (χ1) is 9.13. The van der Waals surface area contributed by atoms with Crippen molar-refractivity contribution in [1.29, 1.82) is 0 Å². The van der Waals surface area contributed by atoms with E-state index < -0.39 is 22.8 Å². The SMILES string of the molecule is Cc1c(N)cccc1S(=O)(=O)NCCOCC(F)(F)F. The summed E-state index contributed by atoms with van der Waals surface area (Å²) < 4.78 is 65.7. The van der Waals surface area contributed by atoms with Crippen LogP contribution in [0.1, 0.15) is 5.56 Å². The Morgan fingerprint density at radius 1 is 1.35 bits per heavy atom. The third-order valence-corrected chi connectivity index (χ3v) is 4.03. The van der Waals surface area contributed by atoms with Crippen molar-refractivity contribution in [2.75, 3.05) is 25.5 Å².